The first-order valence-electron chi connectivity index (χ1n) is 10.5. The van der Waals surface area contributed by atoms with Crippen LogP contribution in [0.15, 0.2) is 36.7 Å². The van der Waals surface area contributed by atoms with Gasteiger partial charge in [0.2, 0.25) is 5.91 Å². The maximum absolute atomic E-state index is 12.9. The van der Waals surface area contributed by atoms with Crippen LogP contribution in [0.5, 0.6) is 0 Å². The lowest BCUT2D eigenvalue weighted by atomic mass is 9.96. The molecule has 1 aromatic carbocycles. The molecule has 2 aliphatic rings. The number of fused-ring (bicyclic) bond motifs is 2. The number of rotatable bonds is 4. The molecule has 2 aliphatic heterocycles. The first-order valence-corrected chi connectivity index (χ1v) is 10.5. The van der Waals surface area contributed by atoms with Crippen LogP contribution in [0.3, 0.4) is 0 Å². The van der Waals surface area contributed by atoms with Crippen molar-refractivity contribution in [1.29, 1.82) is 0 Å². The van der Waals surface area contributed by atoms with Crippen molar-refractivity contribution in [2.75, 3.05) is 19.6 Å². The van der Waals surface area contributed by atoms with Crippen molar-refractivity contribution in [3.05, 3.63) is 53.7 Å². The normalized spacial score (nSPS) is 19.3. The van der Waals surface area contributed by atoms with Crippen molar-refractivity contribution in [3.8, 4) is 0 Å². The minimum atomic E-state index is 0.191. The molecule has 0 saturated carbocycles. The molecule has 0 radical (unpaired) electrons. The van der Waals surface area contributed by atoms with Gasteiger partial charge in [-0.15, -0.1) is 0 Å². The maximum Gasteiger partial charge on any atom is 0.224 e. The van der Waals surface area contributed by atoms with E-state index in [1.807, 2.05) is 46.2 Å². The highest BCUT2D eigenvalue weighted by atomic mass is 16.2. The number of carbonyl (C=O) groups excluding carboxylic acids is 1. The van der Waals surface area contributed by atoms with Gasteiger partial charge in [-0.25, -0.2) is 9.97 Å². The summed E-state index contributed by atoms with van der Waals surface area (Å²) in [5, 5.41) is 8.90. The van der Waals surface area contributed by atoms with Crippen LogP contribution in [0, 0.1) is 0 Å². The third-order valence-corrected chi connectivity index (χ3v) is 6.05. The molecule has 1 amide bonds. The van der Waals surface area contributed by atoms with E-state index in [0.29, 0.717) is 13.0 Å². The fourth-order valence-electron chi connectivity index (χ4n) is 4.43. The molecule has 1 saturated heterocycles. The second-order valence-corrected chi connectivity index (χ2v) is 7.98. The van der Waals surface area contributed by atoms with Crippen LogP contribution < -0.4 is 5.32 Å². The second-order valence-electron chi connectivity index (χ2n) is 7.98. The lowest BCUT2D eigenvalue weighted by Gasteiger charge is -2.32. The van der Waals surface area contributed by atoms with Gasteiger partial charge in [0.25, 0.3) is 0 Å². The molecule has 1 fully saturated rings. The van der Waals surface area contributed by atoms with Crippen molar-refractivity contribution in [1.82, 2.24) is 30.0 Å². The molecule has 0 aliphatic carbocycles. The van der Waals surface area contributed by atoms with Crippen molar-refractivity contribution < 1.29 is 4.79 Å². The molecule has 0 bridgehead atoms. The van der Waals surface area contributed by atoms with Crippen molar-refractivity contribution in [2.24, 2.45) is 0 Å². The number of benzene rings is 1. The Bertz CT molecular complexity index is 1030. The molecular weight excluding hydrogens is 364 g/mol. The number of hydrogen-bond acceptors (Lipinski definition) is 5. The number of carbonyl (C=O) groups is 1. The number of hydrogen-bond donors (Lipinski definition) is 1. The number of piperidine rings is 1. The number of nitrogens with zero attached hydrogens (tertiary/aromatic N) is 5. The quantitative estimate of drug-likeness (QED) is 0.740. The number of likely N-dealkylation sites (tertiary alicyclic amines) is 1. The van der Waals surface area contributed by atoms with Crippen LogP contribution in [-0.2, 0) is 24.3 Å². The van der Waals surface area contributed by atoms with Gasteiger partial charge >= 0.3 is 0 Å². The summed E-state index contributed by atoms with van der Waals surface area (Å²) in [5.74, 6) is 1.33. The largest absolute Gasteiger partial charge is 0.342 e. The van der Waals surface area contributed by atoms with Gasteiger partial charge < -0.3 is 10.2 Å². The third-order valence-electron chi connectivity index (χ3n) is 6.05. The molecule has 5 rings (SSSR count). The van der Waals surface area contributed by atoms with Crippen molar-refractivity contribution >= 4 is 16.8 Å². The fourth-order valence-corrected chi connectivity index (χ4v) is 4.43. The average Bonchev–Trinajstić information content (AvgIpc) is 3.20. The Morgan fingerprint density at radius 1 is 1.24 bits per heavy atom. The molecule has 0 spiro atoms. The smallest absolute Gasteiger partial charge is 0.224 e. The molecule has 1 atom stereocenters. The highest BCUT2D eigenvalue weighted by Crippen LogP contribution is 2.26. The van der Waals surface area contributed by atoms with E-state index in [1.165, 1.54) is 11.3 Å². The molecule has 29 heavy (non-hydrogen) atoms. The molecule has 0 unspecified atom stereocenters. The number of nitrogens with one attached hydrogen (secondary N) is 1. The van der Waals surface area contributed by atoms with Gasteiger partial charge in [-0.3, -0.25) is 9.48 Å². The molecule has 3 aromatic rings. The van der Waals surface area contributed by atoms with Crippen LogP contribution in [0.2, 0.25) is 0 Å². The zero-order valence-electron chi connectivity index (χ0n) is 16.5. The Balaban J connectivity index is 1.24. The van der Waals surface area contributed by atoms with Crippen LogP contribution in [0.1, 0.15) is 42.3 Å². The molecule has 7 nitrogen and oxygen atoms in total. The summed E-state index contributed by atoms with van der Waals surface area (Å²) < 4.78 is 1.93. The fraction of sp³-hybridized carbons (Fsp3) is 0.455. The zero-order chi connectivity index (χ0) is 19.6. The molecular formula is C22H26N6O. The minimum Gasteiger partial charge on any atom is -0.342 e. The molecule has 4 heterocycles. The number of para-hydroxylation sites is 1. The average molecular weight is 390 g/mol. The van der Waals surface area contributed by atoms with Gasteiger partial charge in [-0.2, -0.15) is 5.10 Å². The van der Waals surface area contributed by atoms with Crippen molar-refractivity contribution in [2.45, 2.75) is 44.7 Å². The van der Waals surface area contributed by atoms with Crippen LogP contribution in [0.25, 0.3) is 10.9 Å². The standard InChI is InChI=1S/C22H26N6O/c29-21(8-11-28-20-6-2-1-4-16(20)14-25-28)27-10-3-5-17(15-27)22-24-13-18-12-23-9-7-19(18)26-22/h1-2,4,6,13-14,17,23H,3,5,7-12,15H2/t17-/m1/s1. The summed E-state index contributed by atoms with van der Waals surface area (Å²) in [7, 11) is 0. The van der Waals surface area contributed by atoms with E-state index in [4.69, 9.17) is 4.98 Å². The van der Waals surface area contributed by atoms with E-state index >= 15 is 0 Å². The number of aromatic nitrogens is 4. The highest BCUT2D eigenvalue weighted by molar-refractivity contribution is 5.79. The summed E-state index contributed by atoms with van der Waals surface area (Å²) >= 11 is 0. The Morgan fingerprint density at radius 2 is 2.17 bits per heavy atom. The van der Waals surface area contributed by atoms with Crippen LogP contribution in [-0.4, -0.2) is 50.2 Å². The second kappa shape index (κ2) is 7.91. The minimum absolute atomic E-state index is 0.191. The molecule has 2 aromatic heterocycles. The van der Waals surface area contributed by atoms with E-state index < -0.39 is 0 Å². The van der Waals surface area contributed by atoms with Gasteiger partial charge in [0.15, 0.2) is 0 Å². The lowest BCUT2D eigenvalue weighted by molar-refractivity contribution is -0.132. The van der Waals surface area contributed by atoms with Crippen molar-refractivity contribution in [3.63, 3.8) is 0 Å². The monoisotopic (exact) mass is 390 g/mol. The third kappa shape index (κ3) is 3.74. The first kappa shape index (κ1) is 18.2. The van der Waals surface area contributed by atoms with E-state index in [1.54, 1.807) is 0 Å². The Labute approximate surface area is 170 Å². The Kier molecular flexibility index (Phi) is 4.97. The number of amides is 1. The van der Waals surface area contributed by atoms with Gasteiger partial charge in [0.05, 0.1) is 18.3 Å². The number of aryl methyl sites for hydroxylation is 1. The van der Waals surface area contributed by atoms with Gasteiger partial charge in [0.1, 0.15) is 5.82 Å². The van der Waals surface area contributed by atoms with E-state index in [0.717, 1.165) is 62.2 Å². The highest BCUT2D eigenvalue weighted by Gasteiger charge is 2.27. The predicted molar refractivity (Wildman–Crippen MR) is 110 cm³/mol. The summed E-state index contributed by atoms with van der Waals surface area (Å²) in [4.78, 5) is 24.3. The van der Waals surface area contributed by atoms with E-state index in [9.17, 15) is 4.79 Å². The Hall–Kier alpha value is -2.80. The van der Waals surface area contributed by atoms with E-state index in [-0.39, 0.29) is 11.8 Å². The topological polar surface area (TPSA) is 75.9 Å². The van der Waals surface area contributed by atoms with Gasteiger partial charge in [-0.05, 0) is 18.9 Å². The van der Waals surface area contributed by atoms with Gasteiger partial charge in [-0.1, -0.05) is 18.2 Å². The lowest BCUT2D eigenvalue weighted by Crippen LogP contribution is -2.40. The summed E-state index contributed by atoms with van der Waals surface area (Å²) in [6.07, 6.45) is 7.30. The van der Waals surface area contributed by atoms with Crippen LogP contribution in [0.4, 0.5) is 0 Å². The van der Waals surface area contributed by atoms with Gasteiger partial charge in [0, 0.05) is 67.8 Å². The first-order chi connectivity index (χ1) is 14.3. The summed E-state index contributed by atoms with van der Waals surface area (Å²) in [6.45, 7) is 3.98. The zero-order valence-corrected chi connectivity index (χ0v) is 16.5. The Morgan fingerprint density at radius 3 is 3.14 bits per heavy atom. The van der Waals surface area contributed by atoms with E-state index in [2.05, 4.69) is 15.4 Å². The predicted octanol–water partition coefficient (Wildman–Crippen LogP) is 2.27. The molecule has 1 N–H and O–H groups in total. The molecule has 150 valence electrons. The SMILES string of the molecule is O=C(CCn1ncc2ccccc21)N1CCC[C@@H](c2ncc3c(n2)CCNC3)C1. The summed E-state index contributed by atoms with van der Waals surface area (Å²) in [5.41, 5.74) is 3.45. The molecule has 7 heteroatoms. The summed E-state index contributed by atoms with van der Waals surface area (Å²) in [6, 6.07) is 8.11. The maximum atomic E-state index is 12.9. The van der Waals surface area contributed by atoms with Crippen LogP contribution >= 0.6 is 0 Å².